The Morgan fingerprint density at radius 3 is 2.61 bits per heavy atom. The van der Waals surface area contributed by atoms with Gasteiger partial charge in [0.05, 0.1) is 17.9 Å². The average molecular weight is 337 g/mol. The third-order valence-corrected chi connectivity index (χ3v) is 3.68. The van der Waals surface area contributed by atoms with E-state index in [1.165, 1.54) is 25.2 Å². The van der Waals surface area contributed by atoms with E-state index in [0.29, 0.717) is 15.7 Å². The van der Waals surface area contributed by atoms with Crippen molar-refractivity contribution in [1.29, 1.82) is 0 Å². The number of anilines is 1. The second-order valence-corrected chi connectivity index (χ2v) is 5.70. The molecule has 0 atom stereocenters. The van der Waals surface area contributed by atoms with Crippen molar-refractivity contribution in [3.8, 4) is 0 Å². The molecule has 2 N–H and O–H groups in total. The van der Waals surface area contributed by atoms with Gasteiger partial charge in [-0.1, -0.05) is 0 Å². The number of nitrogens with one attached hydrogen (secondary N) is 2. The summed E-state index contributed by atoms with van der Waals surface area (Å²) in [6.45, 7) is 1.99. The van der Waals surface area contributed by atoms with Crippen LogP contribution in [0.4, 0.5) is 5.69 Å². The molecule has 0 aliphatic rings. The standard InChI is InChI=1S/C10H13BrN2O4S/c1-3-17-10(14)7-4-5-9(8(11)6-7)13-18(15,16)12-2/h4-6,12-13H,3H2,1-2H3. The Morgan fingerprint density at radius 1 is 1.44 bits per heavy atom. The summed E-state index contributed by atoms with van der Waals surface area (Å²) in [4.78, 5) is 11.5. The Labute approximate surface area is 114 Å². The highest BCUT2D eigenvalue weighted by atomic mass is 79.9. The SMILES string of the molecule is CCOC(=O)c1ccc(NS(=O)(=O)NC)c(Br)c1. The maximum absolute atomic E-state index is 11.5. The lowest BCUT2D eigenvalue weighted by molar-refractivity contribution is 0.0526. The van der Waals surface area contributed by atoms with Crippen LogP contribution in [-0.4, -0.2) is 28.0 Å². The van der Waals surface area contributed by atoms with Gasteiger partial charge in [-0.2, -0.15) is 8.42 Å². The van der Waals surface area contributed by atoms with Crippen LogP contribution in [0.1, 0.15) is 17.3 Å². The number of hydrogen-bond acceptors (Lipinski definition) is 4. The normalized spacial score (nSPS) is 11.1. The highest BCUT2D eigenvalue weighted by Crippen LogP contribution is 2.24. The number of halogens is 1. The summed E-state index contributed by atoms with van der Waals surface area (Å²) >= 11 is 3.19. The molecule has 0 unspecified atom stereocenters. The van der Waals surface area contributed by atoms with Gasteiger partial charge in [0.15, 0.2) is 0 Å². The topological polar surface area (TPSA) is 84.5 Å². The molecule has 0 saturated carbocycles. The molecule has 0 radical (unpaired) electrons. The van der Waals surface area contributed by atoms with Crippen molar-refractivity contribution >= 4 is 37.8 Å². The smallest absolute Gasteiger partial charge is 0.338 e. The number of carbonyl (C=O) groups is 1. The van der Waals surface area contributed by atoms with Gasteiger partial charge in [0.25, 0.3) is 10.2 Å². The van der Waals surface area contributed by atoms with E-state index < -0.39 is 16.2 Å². The zero-order valence-electron chi connectivity index (χ0n) is 9.86. The summed E-state index contributed by atoms with van der Waals surface area (Å²) in [6, 6.07) is 4.45. The van der Waals surface area contributed by atoms with Crippen LogP contribution < -0.4 is 9.44 Å². The van der Waals surface area contributed by atoms with Crippen LogP contribution in [0.15, 0.2) is 22.7 Å². The van der Waals surface area contributed by atoms with Crippen molar-refractivity contribution in [2.24, 2.45) is 0 Å². The molecule has 0 fully saturated rings. The molecule has 0 amide bonds. The third-order valence-electron chi connectivity index (χ3n) is 1.99. The zero-order valence-corrected chi connectivity index (χ0v) is 12.3. The van der Waals surface area contributed by atoms with Crippen LogP contribution >= 0.6 is 15.9 Å². The molecule has 100 valence electrons. The molecular weight excluding hydrogens is 324 g/mol. The van der Waals surface area contributed by atoms with Crippen molar-refractivity contribution in [2.45, 2.75) is 6.92 Å². The lowest BCUT2D eigenvalue weighted by Crippen LogP contribution is -2.26. The largest absolute Gasteiger partial charge is 0.462 e. The fraction of sp³-hybridized carbons (Fsp3) is 0.300. The van der Waals surface area contributed by atoms with Gasteiger partial charge in [-0.25, -0.2) is 9.52 Å². The Bertz CT molecular complexity index is 545. The van der Waals surface area contributed by atoms with E-state index in [1.54, 1.807) is 6.92 Å². The average Bonchev–Trinajstić information content (AvgIpc) is 2.32. The van der Waals surface area contributed by atoms with E-state index in [4.69, 9.17) is 4.74 Å². The third kappa shape index (κ3) is 3.97. The van der Waals surface area contributed by atoms with Crippen LogP contribution in [0.5, 0.6) is 0 Å². The van der Waals surface area contributed by atoms with Crippen LogP contribution in [-0.2, 0) is 14.9 Å². The molecule has 1 aromatic rings. The molecule has 0 saturated heterocycles. The van der Waals surface area contributed by atoms with Crippen molar-refractivity contribution in [2.75, 3.05) is 18.4 Å². The maximum Gasteiger partial charge on any atom is 0.338 e. The molecule has 0 heterocycles. The molecule has 0 aromatic heterocycles. The Kier molecular flexibility index (Phi) is 5.12. The van der Waals surface area contributed by atoms with Gasteiger partial charge in [0.1, 0.15) is 0 Å². The van der Waals surface area contributed by atoms with E-state index in [9.17, 15) is 13.2 Å². The lowest BCUT2D eigenvalue weighted by atomic mass is 10.2. The van der Waals surface area contributed by atoms with Crippen LogP contribution in [0.2, 0.25) is 0 Å². The molecule has 8 heteroatoms. The lowest BCUT2D eigenvalue weighted by Gasteiger charge is -2.09. The van der Waals surface area contributed by atoms with Crippen LogP contribution in [0, 0.1) is 0 Å². The minimum atomic E-state index is -3.58. The predicted octanol–water partition coefficient (Wildman–Crippen LogP) is 1.50. The quantitative estimate of drug-likeness (QED) is 0.798. The van der Waals surface area contributed by atoms with Crippen molar-refractivity contribution in [3.05, 3.63) is 28.2 Å². The Hall–Kier alpha value is -1.12. The van der Waals surface area contributed by atoms with Gasteiger partial charge >= 0.3 is 5.97 Å². The summed E-state index contributed by atoms with van der Waals surface area (Å²) in [7, 11) is -2.29. The molecule has 0 aliphatic carbocycles. The second-order valence-electron chi connectivity index (χ2n) is 3.22. The summed E-state index contributed by atoms with van der Waals surface area (Å²) in [6.07, 6.45) is 0. The minimum Gasteiger partial charge on any atom is -0.462 e. The highest BCUT2D eigenvalue weighted by molar-refractivity contribution is 9.10. The molecular formula is C10H13BrN2O4S. The first-order valence-corrected chi connectivity index (χ1v) is 7.35. The monoisotopic (exact) mass is 336 g/mol. The second kappa shape index (κ2) is 6.17. The van der Waals surface area contributed by atoms with Crippen molar-refractivity contribution < 1.29 is 17.9 Å². The van der Waals surface area contributed by atoms with Gasteiger partial charge < -0.3 is 4.74 Å². The fourth-order valence-corrected chi connectivity index (χ4v) is 2.31. The Morgan fingerprint density at radius 2 is 2.11 bits per heavy atom. The van der Waals surface area contributed by atoms with Gasteiger partial charge in [0, 0.05) is 11.5 Å². The van der Waals surface area contributed by atoms with E-state index in [2.05, 4.69) is 25.4 Å². The van der Waals surface area contributed by atoms with E-state index >= 15 is 0 Å². The van der Waals surface area contributed by atoms with Crippen LogP contribution in [0.25, 0.3) is 0 Å². The van der Waals surface area contributed by atoms with Gasteiger partial charge in [0.2, 0.25) is 0 Å². The number of rotatable bonds is 5. The molecule has 6 nitrogen and oxygen atoms in total. The molecule has 18 heavy (non-hydrogen) atoms. The fourth-order valence-electron chi connectivity index (χ4n) is 1.14. The Balaban J connectivity index is 2.97. The summed E-state index contributed by atoms with van der Waals surface area (Å²) in [5.74, 6) is -0.457. The summed E-state index contributed by atoms with van der Waals surface area (Å²) in [5.41, 5.74) is 0.675. The number of carbonyl (C=O) groups excluding carboxylic acids is 1. The maximum atomic E-state index is 11.5. The molecule has 0 bridgehead atoms. The molecule has 1 rings (SSSR count). The first kappa shape index (κ1) is 14.9. The van der Waals surface area contributed by atoms with Crippen molar-refractivity contribution in [3.63, 3.8) is 0 Å². The number of esters is 1. The van der Waals surface area contributed by atoms with E-state index in [0.717, 1.165) is 0 Å². The van der Waals surface area contributed by atoms with E-state index in [-0.39, 0.29) is 6.61 Å². The minimum absolute atomic E-state index is 0.282. The zero-order chi connectivity index (χ0) is 13.8. The molecule has 0 spiro atoms. The van der Waals surface area contributed by atoms with E-state index in [1.807, 2.05) is 0 Å². The number of benzene rings is 1. The number of hydrogen-bond donors (Lipinski definition) is 2. The summed E-state index contributed by atoms with van der Waals surface area (Å²) in [5, 5.41) is 0. The highest BCUT2D eigenvalue weighted by Gasteiger charge is 2.12. The van der Waals surface area contributed by atoms with Gasteiger partial charge in [-0.05, 0) is 41.1 Å². The first-order valence-electron chi connectivity index (χ1n) is 5.07. The van der Waals surface area contributed by atoms with Crippen molar-refractivity contribution in [1.82, 2.24) is 4.72 Å². The summed E-state index contributed by atoms with van der Waals surface area (Å²) < 4.78 is 32.3. The van der Waals surface area contributed by atoms with Crippen LogP contribution in [0.3, 0.4) is 0 Å². The predicted molar refractivity (Wildman–Crippen MR) is 71.7 cm³/mol. The van der Waals surface area contributed by atoms with Gasteiger partial charge in [-0.15, -0.1) is 0 Å². The number of ether oxygens (including phenoxy) is 1. The first-order chi connectivity index (χ1) is 8.39. The molecule has 1 aromatic carbocycles. The molecule has 0 aliphatic heterocycles. The van der Waals surface area contributed by atoms with Gasteiger partial charge in [-0.3, -0.25) is 4.72 Å².